The van der Waals surface area contributed by atoms with E-state index >= 15 is 0 Å². The normalized spacial score (nSPS) is 11.6. The Bertz CT molecular complexity index is 710. The lowest BCUT2D eigenvalue weighted by atomic mass is 10.2. The maximum atomic E-state index is 13.4. The maximum absolute atomic E-state index is 13.4. The molecule has 0 aliphatic heterocycles. The molecule has 0 atom stereocenters. The van der Waals surface area contributed by atoms with E-state index in [1.165, 1.54) is 12.1 Å². The molecule has 20 heavy (non-hydrogen) atoms. The lowest BCUT2D eigenvalue weighted by molar-refractivity contribution is 0.301. The van der Waals surface area contributed by atoms with Crippen molar-refractivity contribution in [2.45, 2.75) is 18.4 Å². The van der Waals surface area contributed by atoms with E-state index in [0.29, 0.717) is 0 Å². The second-order valence-electron chi connectivity index (χ2n) is 4.27. The highest BCUT2D eigenvalue weighted by Crippen LogP contribution is 2.17. The number of halogens is 2. The molecule has 0 fully saturated rings. The fraction of sp³-hybridized carbons (Fsp3) is 0.143. The van der Waals surface area contributed by atoms with Gasteiger partial charge in [-0.3, -0.25) is 4.18 Å². The minimum absolute atomic E-state index is 0.0279. The minimum atomic E-state index is -3.99. The number of rotatable bonds is 4. The fourth-order valence-electron chi connectivity index (χ4n) is 1.57. The summed E-state index contributed by atoms with van der Waals surface area (Å²) in [4.78, 5) is -0.0279. The highest BCUT2D eigenvalue weighted by atomic mass is 32.2. The molecule has 0 heterocycles. The smallest absolute Gasteiger partial charge is 0.261 e. The molecule has 3 nitrogen and oxygen atoms in total. The van der Waals surface area contributed by atoms with Crippen LogP contribution in [0.4, 0.5) is 8.78 Å². The molecule has 2 aromatic carbocycles. The van der Waals surface area contributed by atoms with Crippen LogP contribution in [0.3, 0.4) is 0 Å². The van der Waals surface area contributed by atoms with Gasteiger partial charge >= 0.3 is 0 Å². The third-order valence-electron chi connectivity index (χ3n) is 2.69. The van der Waals surface area contributed by atoms with Crippen LogP contribution >= 0.6 is 0 Å². The first kappa shape index (κ1) is 14.6. The molecule has 0 aliphatic carbocycles. The van der Waals surface area contributed by atoms with Crippen molar-refractivity contribution >= 4 is 10.1 Å². The van der Waals surface area contributed by atoms with Crippen LogP contribution in [0.5, 0.6) is 0 Å². The average molecular weight is 298 g/mol. The first-order valence-corrected chi connectivity index (χ1v) is 7.19. The highest BCUT2D eigenvalue weighted by Gasteiger charge is 2.16. The monoisotopic (exact) mass is 298 g/mol. The molecule has 0 radical (unpaired) electrons. The van der Waals surface area contributed by atoms with E-state index in [1.54, 1.807) is 12.1 Å². The quantitative estimate of drug-likeness (QED) is 0.814. The first-order chi connectivity index (χ1) is 9.38. The van der Waals surface area contributed by atoms with Crippen LogP contribution in [0.25, 0.3) is 0 Å². The highest BCUT2D eigenvalue weighted by molar-refractivity contribution is 7.86. The molecule has 2 aromatic rings. The van der Waals surface area contributed by atoms with E-state index in [-0.39, 0.29) is 10.5 Å². The van der Waals surface area contributed by atoms with Crippen LogP contribution in [0.1, 0.15) is 11.1 Å². The molecule has 6 heteroatoms. The summed E-state index contributed by atoms with van der Waals surface area (Å²) in [6.45, 7) is 1.26. The van der Waals surface area contributed by atoms with Crippen LogP contribution in [0.15, 0.2) is 47.4 Å². The van der Waals surface area contributed by atoms with Crippen LogP contribution in [-0.4, -0.2) is 8.42 Å². The van der Waals surface area contributed by atoms with Crippen LogP contribution < -0.4 is 0 Å². The lowest BCUT2D eigenvalue weighted by Crippen LogP contribution is -2.07. The van der Waals surface area contributed by atoms with Crippen molar-refractivity contribution in [3.8, 4) is 0 Å². The Morgan fingerprint density at radius 2 is 1.70 bits per heavy atom. The Balaban J connectivity index is 2.17. The van der Waals surface area contributed by atoms with Gasteiger partial charge in [0.25, 0.3) is 10.1 Å². The van der Waals surface area contributed by atoms with Gasteiger partial charge in [-0.05, 0) is 37.3 Å². The summed E-state index contributed by atoms with van der Waals surface area (Å²) in [5, 5.41) is 0. The maximum Gasteiger partial charge on any atom is 0.297 e. The van der Waals surface area contributed by atoms with Crippen LogP contribution in [-0.2, 0) is 20.9 Å². The van der Waals surface area contributed by atoms with Gasteiger partial charge in [0, 0.05) is 5.56 Å². The molecule has 0 aliphatic rings. The van der Waals surface area contributed by atoms with Gasteiger partial charge < -0.3 is 0 Å². The predicted octanol–water partition coefficient (Wildman–Crippen LogP) is 3.18. The second kappa shape index (κ2) is 5.68. The summed E-state index contributed by atoms with van der Waals surface area (Å²) in [5.41, 5.74) is 0.751. The van der Waals surface area contributed by atoms with Gasteiger partial charge in [0.05, 0.1) is 11.5 Å². The zero-order valence-corrected chi connectivity index (χ0v) is 11.5. The topological polar surface area (TPSA) is 43.4 Å². The number of hydrogen-bond donors (Lipinski definition) is 0. The van der Waals surface area contributed by atoms with Crippen molar-refractivity contribution in [2.75, 3.05) is 0 Å². The third kappa shape index (κ3) is 3.40. The number of benzene rings is 2. The standard InChI is InChI=1S/C14H12F2O3S/c1-10-2-5-13(6-3-10)20(17,18)19-9-11-8-12(15)4-7-14(11)16/h2-8H,9H2,1H3. The van der Waals surface area contributed by atoms with Crippen molar-refractivity contribution in [3.05, 3.63) is 65.2 Å². The third-order valence-corrected chi connectivity index (χ3v) is 3.96. The predicted molar refractivity (Wildman–Crippen MR) is 69.5 cm³/mol. The zero-order chi connectivity index (χ0) is 14.8. The molecular weight excluding hydrogens is 286 g/mol. The summed E-state index contributed by atoms with van der Waals surface area (Å²) < 4.78 is 54.8. The summed E-state index contributed by atoms with van der Waals surface area (Å²) in [7, 11) is -3.99. The van der Waals surface area contributed by atoms with Crippen molar-refractivity contribution in [3.63, 3.8) is 0 Å². The summed E-state index contributed by atoms with van der Waals surface area (Å²) >= 11 is 0. The first-order valence-electron chi connectivity index (χ1n) is 5.78. The largest absolute Gasteiger partial charge is 0.297 e. The van der Waals surface area contributed by atoms with Crippen molar-refractivity contribution in [1.82, 2.24) is 0 Å². The minimum Gasteiger partial charge on any atom is -0.261 e. The Morgan fingerprint density at radius 1 is 1.05 bits per heavy atom. The van der Waals surface area contributed by atoms with Crippen molar-refractivity contribution in [1.29, 1.82) is 0 Å². The molecule has 0 unspecified atom stereocenters. The SMILES string of the molecule is Cc1ccc(S(=O)(=O)OCc2cc(F)ccc2F)cc1. The van der Waals surface area contributed by atoms with E-state index in [0.717, 1.165) is 23.8 Å². The lowest BCUT2D eigenvalue weighted by Gasteiger charge is -2.07. The molecular formula is C14H12F2O3S. The molecule has 0 saturated carbocycles. The van der Waals surface area contributed by atoms with Gasteiger partial charge in [0.2, 0.25) is 0 Å². The number of aryl methyl sites for hydroxylation is 1. The zero-order valence-electron chi connectivity index (χ0n) is 10.6. The molecule has 0 amide bonds. The van der Waals surface area contributed by atoms with Gasteiger partial charge in [0.15, 0.2) is 0 Å². The van der Waals surface area contributed by atoms with E-state index in [2.05, 4.69) is 0 Å². The average Bonchev–Trinajstić information content (AvgIpc) is 2.40. The van der Waals surface area contributed by atoms with Crippen LogP contribution in [0.2, 0.25) is 0 Å². The van der Waals surface area contributed by atoms with Gasteiger partial charge in [0.1, 0.15) is 11.6 Å². The Hall–Kier alpha value is -1.79. The van der Waals surface area contributed by atoms with Gasteiger partial charge in [-0.1, -0.05) is 17.7 Å². The molecule has 0 saturated heterocycles. The Kier molecular flexibility index (Phi) is 4.15. The number of hydrogen-bond acceptors (Lipinski definition) is 3. The molecule has 0 aromatic heterocycles. The molecule has 0 spiro atoms. The van der Waals surface area contributed by atoms with Gasteiger partial charge in [-0.2, -0.15) is 8.42 Å². The Morgan fingerprint density at radius 3 is 2.35 bits per heavy atom. The molecule has 106 valence electrons. The van der Waals surface area contributed by atoms with E-state index in [4.69, 9.17) is 4.18 Å². The summed E-state index contributed by atoms with van der Waals surface area (Å²) in [5.74, 6) is -1.37. The van der Waals surface area contributed by atoms with Crippen LogP contribution in [0, 0.1) is 18.6 Å². The Labute approximate surface area is 115 Å². The van der Waals surface area contributed by atoms with E-state index in [1.807, 2.05) is 6.92 Å². The van der Waals surface area contributed by atoms with E-state index in [9.17, 15) is 17.2 Å². The van der Waals surface area contributed by atoms with Gasteiger partial charge in [-0.25, -0.2) is 8.78 Å². The van der Waals surface area contributed by atoms with E-state index < -0.39 is 28.4 Å². The van der Waals surface area contributed by atoms with Crippen molar-refractivity contribution < 1.29 is 21.4 Å². The van der Waals surface area contributed by atoms with Gasteiger partial charge in [-0.15, -0.1) is 0 Å². The summed E-state index contributed by atoms with van der Waals surface area (Å²) in [6.07, 6.45) is 0. The fourth-order valence-corrected chi connectivity index (χ4v) is 2.46. The molecule has 0 N–H and O–H groups in total. The molecule has 2 rings (SSSR count). The molecule has 0 bridgehead atoms. The summed E-state index contributed by atoms with van der Waals surface area (Å²) in [6, 6.07) is 8.82. The van der Waals surface area contributed by atoms with Crippen molar-refractivity contribution in [2.24, 2.45) is 0 Å². The second-order valence-corrected chi connectivity index (χ2v) is 5.88.